The van der Waals surface area contributed by atoms with Crippen LogP contribution in [-0.2, 0) is 0 Å². The van der Waals surface area contributed by atoms with Crippen LogP contribution in [0.3, 0.4) is 0 Å². The van der Waals surface area contributed by atoms with Crippen molar-refractivity contribution >= 4 is 0 Å². The molecule has 0 aliphatic rings. The Bertz CT molecular complexity index is 185. The van der Waals surface area contributed by atoms with Crippen LogP contribution in [0.25, 0.3) is 0 Å². The number of rotatable bonds is 2. The molecule has 1 radical (unpaired) electrons. The Kier molecular flexibility index (Phi) is 2.31. The first-order valence-corrected chi connectivity index (χ1v) is 3.40. The topological polar surface area (TPSA) is 38.7 Å². The fourth-order valence-electron chi connectivity index (χ4n) is 0.623. The molecular weight excluding hydrogens is 126 g/mol. The van der Waals surface area contributed by atoms with Gasteiger partial charge in [0.05, 0.1) is 6.20 Å². The summed E-state index contributed by atoms with van der Waals surface area (Å²) in [4.78, 5) is 3.95. The lowest BCUT2D eigenvalue weighted by Gasteiger charge is -2.02. The Morgan fingerprint density at radius 2 is 2.50 bits per heavy atom. The first kappa shape index (κ1) is 7.12. The van der Waals surface area contributed by atoms with Crippen LogP contribution in [0.2, 0.25) is 0 Å². The maximum Gasteiger partial charge on any atom is 0.154 e. The maximum atomic E-state index is 3.95. The predicted octanol–water partition coefficient (Wildman–Crippen LogP) is 1.19. The molecule has 1 rings (SSSR count). The van der Waals surface area contributed by atoms with Gasteiger partial charge in [-0.2, -0.15) is 5.10 Å². The summed E-state index contributed by atoms with van der Waals surface area (Å²) in [6.07, 6.45) is 5.16. The maximum absolute atomic E-state index is 3.95. The normalized spacial score (nSPS) is 13.0. The van der Waals surface area contributed by atoms with Crippen molar-refractivity contribution in [2.45, 2.75) is 26.2 Å². The summed E-state index contributed by atoms with van der Waals surface area (Å²) in [5.74, 6) is 1.18. The molecule has 3 nitrogen and oxygen atoms in total. The van der Waals surface area contributed by atoms with E-state index < -0.39 is 0 Å². The number of hydrogen-bond donors (Lipinski definition) is 0. The molecule has 0 fully saturated rings. The summed E-state index contributed by atoms with van der Waals surface area (Å²) in [6, 6.07) is 0. The fraction of sp³-hybridized carbons (Fsp3) is 0.571. The van der Waals surface area contributed by atoms with E-state index in [2.05, 4.69) is 35.2 Å². The molecule has 0 spiro atoms. The van der Waals surface area contributed by atoms with Gasteiger partial charge in [0.25, 0.3) is 0 Å². The molecule has 1 heterocycles. The van der Waals surface area contributed by atoms with Crippen molar-refractivity contribution in [2.24, 2.45) is 0 Å². The van der Waals surface area contributed by atoms with Gasteiger partial charge in [0.1, 0.15) is 6.20 Å². The molecule has 0 amide bonds. The molecule has 10 heavy (non-hydrogen) atoms. The minimum Gasteiger partial charge on any atom is -0.227 e. The third-order valence-corrected chi connectivity index (χ3v) is 1.51. The average Bonchev–Trinajstić information content (AvgIpc) is 2.05. The number of nitrogens with zero attached hydrogens (tertiary/aromatic N) is 3. The summed E-state index contributed by atoms with van der Waals surface area (Å²) < 4.78 is 0. The van der Waals surface area contributed by atoms with E-state index >= 15 is 0 Å². The van der Waals surface area contributed by atoms with Gasteiger partial charge in [0, 0.05) is 5.92 Å². The van der Waals surface area contributed by atoms with Crippen LogP contribution in [0.4, 0.5) is 0 Å². The van der Waals surface area contributed by atoms with E-state index in [1.807, 2.05) is 0 Å². The summed E-state index contributed by atoms with van der Waals surface area (Å²) in [7, 11) is 0. The molecule has 0 N–H and O–H groups in total. The van der Waals surface area contributed by atoms with Gasteiger partial charge in [-0.05, 0) is 6.42 Å². The molecule has 1 aromatic rings. The van der Waals surface area contributed by atoms with Gasteiger partial charge in [0.15, 0.2) is 5.82 Å². The summed E-state index contributed by atoms with van der Waals surface area (Å²) in [6.45, 7) is 4.17. The van der Waals surface area contributed by atoms with E-state index in [0.29, 0.717) is 5.92 Å². The Labute approximate surface area is 60.5 Å². The van der Waals surface area contributed by atoms with Crippen molar-refractivity contribution in [1.29, 1.82) is 0 Å². The van der Waals surface area contributed by atoms with Gasteiger partial charge >= 0.3 is 0 Å². The van der Waals surface area contributed by atoms with E-state index in [1.54, 1.807) is 0 Å². The Balaban J connectivity index is 2.75. The van der Waals surface area contributed by atoms with Gasteiger partial charge < -0.3 is 0 Å². The highest BCUT2D eigenvalue weighted by Gasteiger charge is 2.03. The van der Waals surface area contributed by atoms with Gasteiger partial charge in [-0.1, -0.05) is 13.8 Å². The Hall–Kier alpha value is -0.990. The predicted molar refractivity (Wildman–Crippen MR) is 37.4 cm³/mol. The second kappa shape index (κ2) is 3.25. The lowest BCUT2D eigenvalue weighted by Crippen LogP contribution is -2.00. The van der Waals surface area contributed by atoms with E-state index in [9.17, 15) is 0 Å². The van der Waals surface area contributed by atoms with Gasteiger partial charge in [-0.3, -0.25) is 0 Å². The lowest BCUT2D eigenvalue weighted by molar-refractivity contribution is 0.656. The highest BCUT2D eigenvalue weighted by Crippen LogP contribution is 2.10. The van der Waals surface area contributed by atoms with Crippen molar-refractivity contribution < 1.29 is 0 Å². The van der Waals surface area contributed by atoms with E-state index in [4.69, 9.17) is 0 Å². The first-order chi connectivity index (χ1) is 4.84. The van der Waals surface area contributed by atoms with Crippen LogP contribution < -0.4 is 0 Å². The molecule has 0 saturated carbocycles. The summed E-state index contributed by atoms with van der Waals surface area (Å²) in [5, 5.41) is 7.54. The smallest absolute Gasteiger partial charge is 0.154 e. The van der Waals surface area contributed by atoms with Crippen molar-refractivity contribution in [3.63, 3.8) is 0 Å². The van der Waals surface area contributed by atoms with Gasteiger partial charge in [0.2, 0.25) is 0 Å². The molecule has 3 heteroatoms. The molecule has 0 aliphatic carbocycles. The zero-order valence-corrected chi connectivity index (χ0v) is 6.20. The van der Waals surface area contributed by atoms with Crippen molar-refractivity contribution in [3.05, 3.63) is 18.2 Å². The average molecular weight is 136 g/mol. The van der Waals surface area contributed by atoms with Crippen molar-refractivity contribution in [3.8, 4) is 0 Å². The molecule has 0 aliphatic heterocycles. The third-order valence-electron chi connectivity index (χ3n) is 1.51. The molecule has 1 unspecified atom stereocenters. The molecule has 0 bridgehead atoms. The van der Waals surface area contributed by atoms with Crippen LogP contribution in [0.5, 0.6) is 0 Å². The highest BCUT2D eigenvalue weighted by atomic mass is 15.1. The van der Waals surface area contributed by atoms with Crippen molar-refractivity contribution in [2.75, 3.05) is 0 Å². The summed E-state index contributed by atoms with van der Waals surface area (Å²) >= 11 is 0. The Morgan fingerprint density at radius 3 is 3.00 bits per heavy atom. The zero-order valence-electron chi connectivity index (χ0n) is 6.20. The largest absolute Gasteiger partial charge is 0.227 e. The number of hydrogen-bond acceptors (Lipinski definition) is 3. The zero-order chi connectivity index (χ0) is 7.40. The molecule has 53 valence electrons. The Morgan fingerprint density at radius 1 is 1.70 bits per heavy atom. The van der Waals surface area contributed by atoms with Crippen molar-refractivity contribution in [1.82, 2.24) is 15.2 Å². The summed E-state index contributed by atoms with van der Waals surface area (Å²) in [5.41, 5.74) is 0. The van der Waals surface area contributed by atoms with Crippen LogP contribution in [0, 0.1) is 6.20 Å². The highest BCUT2D eigenvalue weighted by molar-refractivity contribution is 4.88. The molecule has 0 saturated heterocycles. The lowest BCUT2D eigenvalue weighted by atomic mass is 10.1. The first-order valence-electron chi connectivity index (χ1n) is 3.40. The second-order valence-corrected chi connectivity index (χ2v) is 2.25. The van der Waals surface area contributed by atoms with E-state index in [1.165, 1.54) is 6.20 Å². The van der Waals surface area contributed by atoms with Gasteiger partial charge in [-0.25, -0.2) is 4.98 Å². The second-order valence-electron chi connectivity index (χ2n) is 2.25. The van der Waals surface area contributed by atoms with Crippen LogP contribution >= 0.6 is 0 Å². The fourth-order valence-corrected chi connectivity index (χ4v) is 0.623. The van der Waals surface area contributed by atoms with Gasteiger partial charge in [-0.15, -0.1) is 5.10 Å². The van der Waals surface area contributed by atoms with E-state index in [0.717, 1.165) is 12.2 Å². The molecule has 1 atom stereocenters. The molecular formula is C7H10N3. The standard InChI is InChI=1S/C7H10N3/c1-3-6(2)7-8-4-5-9-10-7/h5-6H,3H2,1-2H3. The molecule has 0 aromatic carbocycles. The SMILES string of the molecule is CCC(C)c1n[c]cnn1. The third kappa shape index (κ3) is 1.50. The van der Waals surface area contributed by atoms with Crippen LogP contribution in [0.15, 0.2) is 6.20 Å². The quantitative estimate of drug-likeness (QED) is 0.613. The van der Waals surface area contributed by atoms with Crippen LogP contribution in [0.1, 0.15) is 32.0 Å². The molecule has 1 aromatic heterocycles. The van der Waals surface area contributed by atoms with Crippen LogP contribution in [-0.4, -0.2) is 15.2 Å². The number of aromatic nitrogens is 3. The van der Waals surface area contributed by atoms with E-state index in [-0.39, 0.29) is 0 Å². The minimum atomic E-state index is 0.393. The minimum absolute atomic E-state index is 0.393. The monoisotopic (exact) mass is 136 g/mol.